The fourth-order valence-electron chi connectivity index (χ4n) is 3.76. The number of nitrogens with zero attached hydrogens (tertiary/aromatic N) is 3. The summed E-state index contributed by atoms with van der Waals surface area (Å²) in [5.74, 6) is 0. The van der Waals surface area contributed by atoms with Crippen molar-refractivity contribution in [1.29, 1.82) is 0 Å². The second kappa shape index (κ2) is 6.16. The van der Waals surface area contributed by atoms with Crippen LogP contribution in [0.3, 0.4) is 0 Å². The highest BCUT2D eigenvalue weighted by molar-refractivity contribution is 9.10. The standard InChI is InChI=1S/C15H25BrN4/c1-3-20-14(15(16)11(2)18-20)10-19-9-5-7-13(19)12-6-4-8-17-12/h12-13,17H,3-10H2,1-2H3. The lowest BCUT2D eigenvalue weighted by Crippen LogP contribution is -2.43. The summed E-state index contributed by atoms with van der Waals surface area (Å²) in [6.45, 7) is 8.65. The van der Waals surface area contributed by atoms with Gasteiger partial charge < -0.3 is 5.32 Å². The third-order valence-corrected chi connectivity index (χ3v) is 5.81. The summed E-state index contributed by atoms with van der Waals surface area (Å²) in [5.41, 5.74) is 2.45. The maximum Gasteiger partial charge on any atom is 0.0739 e. The lowest BCUT2D eigenvalue weighted by atomic mass is 10.0. The molecule has 0 aliphatic carbocycles. The first kappa shape index (κ1) is 14.5. The lowest BCUT2D eigenvalue weighted by molar-refractivity contribution is 0.201. The summed E-state index contributed by atoms with van der Waals surface area (Å²) in [6, 6.07) is 1.42. The van der Waals surface area contributed by atoms with Crippen LogP contribution in [0.5, 0.6) is 0 Å². The van der Waals surface area contributed by atoms with Crippen LogP contribution in [0.1, 0.15) is 44.0 Å². The van der Waals surface area contributed by atoms with Crippen LogP contribution in [0.15, 0.2) is 4.47 Å². The highest BCUT2D eigenvalue weighted by atomic mass is 79.9. The minimum Gasteiger partial charge on any atom is -0.312 e. The smallest absolute Gasteiger partial charge is 0.0739 e. The average molecular weight is 341 g/mol. The van der Waals surface area contributed by atoms with Crippen LogP contribution < -0.4 is 5.32 Å². The van der Waals surface area contributed by atoms with Crippen LogP contribution in [0.2, 0.25) is 0 Å². The molecule has 1 aromatic rings. The molecule has 1 N–H and O–H groups in total. The first-order chi connectivity index (χ1) is 9.70. The molecule has 1 aromatic heterocycles. The van der Waals surface area contributed by atoms with Gasteiger partial charge in [0.05, 0.1) is 15.9 Å². The van der Waals surface area contributed by atoms with Gasteiger partial charge in [0.25, 0.3) is 0 Å². The number of rotatable bonds is 4. The lowest BCUT2D eigenvalue weighted by Gasteiger charge is -2.29. The molecule has 20 heavy (non-hydrogen) atoms. The number of aryl methyl sites for hydroxylation is 2. The Morgan fingerprint density at radius 3 is 2.90 bits per heavy atom. The monoisotopic (exact) mass is 340 g/mol. The zero-order valence-electron chi connectivity index (χ0n) is 12.5. The molecule has 4 nitrogen and oxygen atoms in total. The molecule has 112 valence electrons. The topological polar surface area (TPSA) is 33.1 Å². The van der Waals surface area contributed by atoms with Crippen molar-refractivity contribution in [2.45, 2.75) is 64.7 Å². The van der Waals surface area contributed by atoms with Crippen molar-refractivity contribution in [1.82, 2.24) is 20.0 Å². The molecule has 0 bridgehead atoms. The van der Waals surface area contributed by atoms with Gasteiger partial charge in [-0.15, -0.1) is 0 Å². The van der Waals surface area contributed by atoms with Gasteiger partial charge >= 0.3 is 0 Å². The Hall–Kier alpha value is -0.390. The van der Waals surface area contributed by atoms with Crippen molar-refractivity contribution in [3.8, 4) is 0 Å². The van der Waals surface area contributed by atoms with Gasteiger partial charge in [-0.3, -0.25) is 9.58 Å². The predicted octanol–water partition coefficient (Wildman–Crippen LogP) is 2.69. The fourth-order valence-corrected chi connectivity index (χ4v) is 4.17. The van der Waals surface area contributed by atoms with Gasteiger partial charge in [0, 0.05) is 25.2 Å². The van der Waals surface area contributed by atoms with E-state index in [1.54, 1.807) is 0 Å². The summed E-state index contributed by atoms with van der Waals surface area (Å²) in [7, 11) is 0. The number of nitrogens with one attached hydrogen (secondary N) is 1. The Bertz CT molecular complexity index is 465. The van der Waals surface area contributed by atoms with Crippen LogP contribution in [-0.2, 0) is 13.1 Å². The van der Waals surface area contributed by atoms with Gasteiger partial charge in [-0.05, 0) is 68.6 Å². The number of halogens is 1. The van der Waals surface area contributed by atoms with Crippen molar-refractivity contribution >= 4 is 15.9 Å². The molecule has 2 atom stereocenters. The van der Waals surface area contributed by atoms with Crippen LogP contribution in [-0.4, -0.2) is 39.9 Å². The van der Waals surface area contributed by atoms with E-state index in [9.17, 15) is 0 Å². The zero-order valence-corrected chi connectivity index (χ0v) is 14.1. The molecule has 2 saturated heterocycles. The summed E-state index contributed by atoms with van der Waals surface area (Å²) in [5, 5.41) is 8.31. The molecule has 2 aliphatic heterocycles. The van der Waals surface area contributed by atoms with E-state index in [0.29, 0.717) is 12.1 Å². The molecule has 0 radical (unpaired) electrons. The predicted molar refractivity (Wildman–Crippen MR) is 84.8 cm³/mol. The Labute approximate surface area is 130 Å². The van der Waals surface area contributed by atoms with Crippen LogP contribution >= 0.6 is 15.9 Å². The molecular weight excluding hydrogens is 316 g/mol. The Morgan fingerprint density at radius 1 is 1.35 bits per heavy atom. The molecule has 0 amide bonds. The first-order valence-electron chi connectivity index (χ1n) is 7.90. The van der Waals surface area contributed by atoms with Gasteiger partial charge in [-0.25, -0.2) is 0 Å². The second-order valence-electron chi connectivity index (χ2n) is 6.04. The van der Waals surface area contributed by atoms with E-state index in [1.165, 1.54) is 48.9 Å². The van der Waals surface area contributed by atoms with E-state index >= 15 is 0 Å². The third kappa shape index (κ3) is 2.68. The molecule has 2 fully saturated rings. The largest absolute Gasteiger partial charge is 0.312 e. The quantitative estimate of drug-likeness (QED) is 0.914. The minimum atomic E-state index is 0.704. The molecule has 3 heterocycles. The summed E-state index contributed by atoms with van der Waals surface area (Å²) < 4.78 is 3.35. The van der Waals surface area contributed by atoms with E-state index in [2.05, 4.69) is 49.8 Å². The van der Waals surface area contributed by atoms with Crippen molar-refractivity contribution in [2.75, 3.05) is 13.1 Å². The Balaban J connectivity index is 1.76. The molecule has 0 saturated carbocycles. The molecule has 0 aromatic carbocycles. The maximum absolute atomic E-state index is 4.62. The third-order valence-electron chi connectivity index (χ3n) is 4.78. The van der Waals surface area contributed by atoms with Gasteiger partial charge in [-0.1, -0.05) is 0 Å². The average Bonchev–Trinajstić information content (AvgIpc) is 3.15. The van der Waals surface area contributed by atoms with Gasteiger partial charge in [0.15, 0.2) is 0 Å². The van der Waals surface area contributed by atoms with Gasteiger partial charge in [0.1, 0.15) is 0 Å². The van der Waals surface area contributed by atoms with Crippen LogP contribution in [0, 0.1) is 6.92 Å². The normalized spacial score (nSPS) is 27.6. The number of hydrogen-bond donors (Lipinski definition) is 1. The van der Waals surface area contributed by atoms with E-state index in [4.69, 9.17) is 0 Å². The van der Waals surface area contributed by atoms with Crippen molar-refractivity contribution in [3.05, 3.63) is 15.9 Å². The van der Waals surface area contributed by atoms with E-state index in [1.807, 2.05) is 0 Å². The summed E-state index contributed by atoms with van der Waals surface area (Å²) >= 11 is 3.73. The Morgan fingerprint density at radius 2 is 2.20 bits per heavy atom. The van der Waals surface area contributed by atoms with Crippen LogP contribution in [0.25, 0.3) is 0 Å². The Kier molecular flexibility index (Phi) is 4.48. The minimum absolute atomic E-state index is 0.704. The number of aromatic nitrogens is 2. The first-order valence-corrected chi connectivity index (χ1v) is 8.69. The summed E-state index contributed by atoms with van der Waals surface area (Å²) in [6.07, 6.45) is 5.35. The second-order valence-corrected chi connectivity index (χ2v) is 6.84. The van der Waals surface area contributed by atoms with Crippen molar-refractivity contribution < 1.29 is 0 Å². The highest BCUT2D eigenvalue weighted by Crippen LogP contribution is 2.29. The number of likely N-dealkylation sites (tertiary alicyclic amines) is 1. The molecular formula is C15H25BrN4. The van der Waals surface area contributed by atoms with E-state index < -0.39 is 0 Å². The molecule has 0 spiro atoms. The number of hydrogen-bond acceptors (Lipinski definition) is 3. The molecule has 2 unspecified atom stereocenters. The van der Waals surface area contributed by atoms with Crippen LogP contribution in [0.4, 0.5) is 0 Å². The molecule has 2 aliphatic rings. The van der Waals surface area contributed by atoms with E-state index in [-0.39, 0.29) is 0 Å². The maximum atomic E-state index is 4.62. The van der Waals surface area contributed by atoms with Crippen molar-refractivity contribution in [2.24, 2.45) is 0 Å². The van der Waals surface area contributed by atoms with Gasteiger partial charge in [-0.2, -0.15) is 5.10 Å². The van der Waals surface area contributed by atoms with Gasteiger partial charge in [0.2, 0.25) is 0 Å². The van der Waals surface area contributed by atoms with E-state index in [0.717, 1.165) is 18.8 Å². The zero-order chi connectivity index (χ0) is 14.1. The molecule has 5 heteroatoms. The van der Waals surface area contributed by atoms with Crippen molar-refractivity contribution in [3.63, 3.8) is 0 Å². The molecule has 3 rings (SSSR count). The summed E-state index contributed by atoms with van der Waals surface area (Å²) in [4.78, 5) is 2.66. The highest BCUT2D eigenvalue weighted by Gasteiger charge is 2.33. The fraction of sp³-hybridized carbons (Fsp3) is 0.800. The SMILES string of the molecule is CCn1nc(C)c(Br)c1CN1CCCC1C1CCCN1.